The van der Waals surface area contributed by atoms with Crippen LogP contribution in [-0.4, -0.2) is 21.9 Å². The highest BCUT2D eigenvalue weighted by atomic mass is 32.3. The Bertz CT molecular complexity index is 1830. The van der Waals surface area contributed by atoms with Crippen LogP contribution in [0.4, 0.5) is 5.69 Å². The normalized spacial score (nSPS) is 16.5. The van der Waals surface area contributed by atoms with Gasteiger partial charge >= 0.3 is 5.63 Å². The van der Waals surface area contributed by atoms with E-state index in [4.69, 9.17) is 4.42 Å². The van der Waals surface area contributed by atoms with Gasteiger partial charge < -0.3 is 9.52 Å². The van der Waals surface area contributed by atoms with Crippen LogP contribution in [0.3, 0.4) is 0 Å². The SMILES string of the molecule is O=c1oc2c(c(O)c1C(c1cccc(N(S(=O)(=O)c3ccccc3)S(=O)(=O)c3ccccc3)c1)C1CC1)CCCCCC2. The van der Waals surface area contributed by atoms with Crippen molar-refractivity contribution in [1.82, 2.24) is 0 Å². The second-order valence-corrected chi connectivity index (χ2v) is 15.0. The molecule has 0 amide bonds. The van der Waals surface area contributed by atoms with Crippen LogP contribution in [0.15, 0.2) is 104 Å². The third-order valence-corrected chi connectivity index (χ3v) is 12.5. The van der Waals surface area contributed by atoms with Gasteiger partial charge in [-0.1, -0.05) is 61.4 Å². The van der Waals surface area contributed by atoms with Crippen molar-refractivity contribution < 1.29 is 26.4 Å². The molecule has 10 heteroatoms. The molecular weight excluding hydrogens is 586 g/mol. The van der Waals surface area contributed by atoms with Crippen molar-refractivity contribution in [1.29, 1.82) is 0 Å². The van der Waals surface area contributed by atoms with E-state index in [0.717, 1.165) is 38.5 Å². The Morgan fingerprint density at radius 2 is 1.33 bits per heavy atom. The highest BCUT2D eigenvalue weighted by Gasteiger charge is 2.41. The summed E-state index contributed by atoms with van der Waals surface area (Å²) in [5, 5.41) is 11.5. The lowest BCUT2D eigenvalue weighted by Crippen LogP contribution is -2.37. The Kier molecular flexibility index (Phi) is 7.91. The first-order valence-corrected chi connectivity index (χ1v) is 17.5. The monoisotopic (exact) mass is 619 g/mol. The van der Waals surface area contributed by atoms with Crippen LogP contribution in [0.2, 0.25) is 0 Å². The van der Waals surface area contributed by atoms with Gasteiger partial charge in [-0.05, 0) is 80.0 Å². The number of hydrogen-bond donors (Lipinski definition) is 1. The fourth-order valence-electron chi connectivity index (χ4n) is 6.01. The van der Waals surface area contributed by atoms with Gasteiger partial charge in [0.05, 0.1) is 21.0 Å². The van der Waals surface area contributed by atoms with Crippen molar-refractivity contribution in [3.63, 3.8) is 0 Å². The maximum Gasteiger partial charge on any atom is 0.343 e. The number of sulfonamides is 2. The summed E-state index contributed by atoms with van der Waals surface area (Å²) in [5.74, 6) is -0.0994. The molecule has 6 rings (SSSR count). The van der Waals surface area contributed by atoms with Crippen molar-refractivity contribution in [3.8, 4) is 5.75 Å². The predicted octanol–water partition coefficient (Wildman–Crippen LogP) is 6.13. The molecule has 2 aliphatic carbocycles. The lowest BCUT2D eigenvalue weighted by Gasteiger charge is -2.26. The second-order valence-electron chi connectivity index (χ2n) is 11.2. The molecule has 1 N–H and O–H groups in total. The average molecular weight is 620 g/mol. The molecule has 0 spiro atoms. The molecule has 1 aromatic heterocycles. The zero-order valence-corrected chi connectivity index (χ0v) is 25.2. The van der Waals surface area contributed by atoms with Crippen LogP contribution in [0.25, 0.3) is 0 Å². The minimum Gasteiger partial charge on any atom is -0.507 e. The van der Waals surface area contributed by atoms with Crippen molar-refractivity contribution in [2.45, 2.75) is 67.1 Å². The summed E-state index contributed by atoms with van der Waals surface area (Å²) in [6.07, 6.45) is 6.63. The molecular formula is C33H33NO7S2. The molecule has 0 radical (unpaired) electrons. The van der Waals surface area contributed by atoms with Gasteiger partial charge in [0.2, 0.25) is 0 Å². The fraction of sp³-hybridized carbons (Fsp3) is 0.303. The third-order valence-electron chi connectivity index (χ3n) is 8.26. The van der Waals surface area contributed by atoms with Crippen LogP contribution < -0.4 is 9.34 Å². The molecule has 8 nitrogen and oxygen atoms in total. The van der Waals surface area contributed by atoms with E-state index < -0.39 is 31.6 Å². The predicted molar refractivity (Wildman–Crippen MR) is 163 cm³/mol. The topological polar surface area (TPSA) is 122 Å². The molecule has 0 bridgehead atoms. The summed E-state index contributed by atoms with van der Waals surface area (Å²) >= 11 is 0. The molecule has 3 aromatic carbocycles. The Morgan fingerprint density at radius 1 is 0.744 bits per heavy atom. The van der Waals surface area contributed by atoms with E-state index in [2.05, 4.69) is 0 Å². The summed E-state index contributed by atoms with van der Waals surface area (Å²) in [5.41, 5.74) is 0.652. The van der Waals surface area contributed by atoms with Crippen molar-refractivity contribution >= 4 is 25.7 Å². The Hall–Kier alpha value is -3.89. The first-order chi connectivity index (χ1) is 20.7. The van der Waals surface area contributed by atoms with Gasteiger partial charge in [0.25, 0.3) is 20.0 Å². The van der Waals surface area contributed by atoms with Gasteiger partial charge in [0, 0.05) is 17.9 Å². The maximum atomic E-state index is 14.0. The summed E-state index contributed by atoms with van der Waals surface area (Å²) in [7, 11) is -9.18. The van der Waals surface area contributed by atoms with E-state index >= 15 is 0 Å². The van der Waals surface area contributed by atoms with E-state index in [1.165, 1.54) is 60.7 Å². The second kappa shape index (κ2) is 11.7. The molecule has 1 saturated carbocycles. The molecule has 1 heterocycles. The quantitative estimate of drug-likeness (QED) is 0.252. The summed E-state index contributed by atoms with van der Waals surface area (Å²) in [6, 6.07) is 21.1. The van der Waals surface area contributed by atoms with Crippen LogP contribution in [0.5, 0.6) is 5.75 Å². The third kappa shape index (κ3) is 5.61. The van der Waals surface area contributed by atoms with Crippen molar-refractivity contribution in [2.24, 2.45) is 5.92 Å². The van der Waals surface area contributed by atoms with Crippen LogP contribution in [0, 0.1) is 5.92 Å². The molecule has 0 saturated heterocycles. The average Bonchev–Trinajstić information content (AvgIpc) is 3.82. The first kappa shape index (κ1) is 29.2. The number of benzene rings is 3. The lowest BCUT2D eigenvalue weighted by atomic mass is 9.85. The molecule has 43 heavy (non-hydrogen) atoms. The van der Waals surface area contributed by atoms with E-state index in [-0.39, 0.29) is 32.7 Å². The Balaban J connectivity index is 1.52. The fourth-order valence-corrected chi connectivity index (χ4v) is 9.73. The van der Waals surface area contributed by atoms with Crippen LogP contribution in [-0.2, 0) is 32.9 Å². The molecule has 1 unspecified atom stereocenters. The number of anilines is 1. The van der Waals surface area contributed by atoms with Crippen LogP contribution >= 0.6 is 0 Å². The molecule has 2 aliphatic rings. The summed E-state index contributed by atoms with van der Waals surface area (Å²) in [4.78, 5) is 13.1. The summed E-state index contributed by atoms with van der Waals surface area (Å²) < 4.78 is 62.4. The van der Waals surface area contributed by atoms with Gasteiger partial charge in [0.1, 0.15) is 11.5 Å². The Labute approximate surface area is 251 Å². The Morgan fingerprint density at radius 3 is 1.91 bits per heavy atom. The number of fused-ring (bicyclic) bond motifs is 1. The number of rotatable bonds is 8. The van der Waals surface area contributed by atoms with E-state index in [1.54, 1.807) is 24.3 Å². The zero-order valence-electron chi connectivity index (χ0n) is 23.6. The molecule has 4 aromatic rings. The van der Waals surface area contributed by atoms with E-state index in [9.17, 15) is 26.7 Å². The van der Waals surface area contributed by atoms with Crippen LogP contribution in [0.1, 0.15) is 66.9 Å². The molecule has 1 fully saturated rings. The molecule has 0 aliphatic heterocycles. The van der Waals surface area contributed by atoms with Crippen molar-refractivity contribution in [2.75, 3.05) is 3.71 Å². The number of aromatic hydroxyl groups is 1. The van der Waals surface area contributed by atoms with E-state index in [0.29, 0.717) is 33.4 Å². The highest BCUT2D eigenvalue weighted by Crippen LogP contribution is 2.49. The minimum atomic E-state index is -4.59. The maximum absolute atomic E-state index is 14.0. The van der Waals surface area contributed by atoms with Gasteiger partial charge in [-0.2, -0.15) is 3.71 Å². The van der Waals surface area contributed by atoms with E-state index in [1.807, 2.05) is 0 Å². The minimum absolute atomic E-state index is 0.0144. The number of hydrogen-bond acceptors (Lipinski definition) is 7. The summed E-state index contributed by atoms with van der Waals surface area (Å²) in [6.45, 7) is 0. The van der Waals surface area contributed by atoms with Gasteiger partial charge in [-0.25, -0.2) is 21.6 Å². The van der Waals surface area contributed by atoms with Gasteiger partial charge in [0.15, 0.2) is 0 Å². The standard InChI is InChI=1S/C33H33NO7S2/c35-32-28-18-9-1-2-10-19-29(28)41-33(36)31(32)30(23-20-21-23)24-12-11-13-25(22-24)34(42(37,38)26-14-5-3-6-15-26)43(39,40)27-16-7-4-8-17-27/h3-8,11-17,22-23,30,35H,1-2,9-10,18-21H2. The lowest BCUT2D eigenvalue weighted by molar-refractivity contribution is 0.382. The number of aryl methyl sites for hydroxylation is 1. The number of nitrogens with zero attached hydrogens (tertiary/aromatic N) is 1. The molecule has 1 atom stereocenters. The zero-order chi connectivity index (χ0) is 30.2. The first-order valence-electron chi connectivity index (χ1n) is 14.6. The largest absolute Gasteiger partial charge is 0.507 e. The van der Waals surface area contributed by atoms with Gasteiger partial charge in [-0.15, -0.1) is 0 Å². The smallest absolute Gasteiger partial charge is 0.343 e. The molecule has 224 valence electrons. The van der Waals surface area contributed by atoms with Crippen molar-refractivity contribution in [3.05, 3.63) is 118 Å². The van der Waals surface area contributed by atoms with Gasteiger partial charge in [-0.3, -0.25) is 0 Å². The highest BCUT2D eigenvalue weighted by molar-refractivity contribution is 8.10.